The molecule has 0 aliphatic heterocycles. The summed E-state index contributed by atoms with van der Waals surface area (Å²) in [5.74, 6) is 0. The van der Waals surface area contributed by atoms with Crippen LogP contribution in [0.15, 0.2) is 42.7 Å². The SMILES string of the molecule is Cc1cc(C)cc(-c2ncnc3c(C(F)(F)F)cccc23)c1. The molecule has 0 saturated heterocycles. The van der Waals surface area contributed by atoms with E-state index in [4.69, 9.17) is 0 Å². The van der Waals surface area contributed by atoms with Crippen LogP contribution in [0.4, 0.5) is 13.2 Å². The summed E-state index contributed by atoms with van der Waals surface area (Å²) in [5, 5.41) is 0.405. The number of rotatable bonds is 1. The first-order chi connectivity index (χ1) is 10.4. The predicted molar refractivity (Wildman–Crippen MR) is 79.5 cm³/mol. The van der Waals surface area contributed by atoms with Crippen molar-refractivity contribution in [2.24, 2.45) is 0 Å². The van der Waals surface area contributed by atoms with Crippen LogP contribution < -0.4 is 0 Å². The number of halogens is 3. The molecule has 3 aromatic rings. The molecule has 0 aliphatic rings. The number of nitrogens with zero attached hydrogens (tertiary/aromatic N) is 2. The maximum absolute atomic E-state index is 13.1. The lowest BCUT2D eigenvalue weighted by Crippen LogP contribution is -2.07. The van der Waals surface area contributed by atoms with Crippen molar-refractivity contribution in [3.63, 3.8) is 0 Å². The van der Waals surface area contributed by atoms with Crippen LogP contribution in [-0.2, 0) is 6.18 Å². The molecule has 1 heterocycles. The van der Waals surface area contributed by atoms with Crippen molar-refractivity contribution in [2.75, 3.05) is 0 Å². The molecule has 112 valence electrons. The average molecular weight is 302 g/mol. The highest BCUT2D eigenvalue weighted by Crippen LogP contribution is 2.36. The molecule has 2 nitrogen and oxygen atoms in total. The van der Waals surface area contributed by atoms with E-state index in [2.05, 4.69) is 9.97 Å². The Hall–Kier alpha value is -2.43. The van der Waals surface area contributed by atoms with Gasteiger partial charge in [0.2, 0.25) is 0 Å². The van der Waals surface area contributed by atoms with E-state index in [1.807, 2.05) is 32.0 Å². The monoisotopic (exact) mass is 302 g/mol. The van der Waals surface area contributed by atoms with Crippen molar-refractivity contribution in [1.29, 1.82) is 0 Å². The lowest BCUT2D eigenvalue weighted by atomic mass is 10.0. The topological polar surface area (TPSA) is 25.8 Å². The van der Waals surface area contributed by atoms with Gasteiger partial charge in [-0.1, -0.05) is 29.3 Å². The molecule has 0 fully saturated rings. The molecule has 0 bridgehead atoms. The first-order valence-corrected chi connectivity index (χ1v) is 6.76. The predicted octanol–water partition coefficient (Wildman–Crippen LogP) is 4.93. The minimum Gasteiger partial charge on any atom is -0.236 e. The second-order valence-electron chi connectivity index (χ2n) is 5.30. The van der Waals surface area contributed by atoms with E-state index < -0.39 is 11.7 Å². The van der Waals surface area contributed by atoms with Gasteiger partial charge in [-0.3, -0.25) is 0 Å². The van der Waals surface area contributed by atoms with Gasteiger partial charge in [0.15, 0.2) is 0 Å². The largest absolute Gasteiger partial charge is 0.418 e. The first kappa shape index (κ1) is 14.5. The van der Waals surface area contributed by atoms with E-state index in [1.165, 1.54) is 12.4 Å². The fraction of sp³-hybridized carbons (Fsp3) is 0.176. The van der Waals surface area contributed by atoms with Gasteiger partial charge in [-0.25, -0.2) is 9.97 Å². The molecule has 0 spiro atoms. The highest BCUT2D eigenvalue weighted by Gasteiger charge is 2.33. The van der Waals surface area contributed by atoms with E-state index in [0.717, 1.165) is 22.8 Å². The molecule has 0 radical (unpaired) electrons. The first-order valence-electron chi connectivity index (χ1n) is 6.76. The summed E-state index contributed by atoms with van der Waals surface area (Å²) in [6.45, 7) is 3.89. The fourth-order valence-electron chi connectivity index (χ4n) is 2.66. The highest BCUT2D eigenvalue weighted by atomic mass is 19.4. The van der Waals surface area contributed by atoms with E-state index in [0.29, 0.717) is 11.1 Å². The average Bonchev–Trinajstić information content (AvgIpc) is 2.44. The summed E-state index contributed by atoms with van der Waals surface area (Å²) in [4.78, 5) is 8.05. The molecule has 0 N–H and O–H groups in total. The summed E-state index contributed by atoms with van der Waals surface area (Å²) in [6.07, 6.45) is -3.25. The zero-order valence-electron chi connectivity index (χ0n) is 12.1. The molecule has 1 aromatic heterocycles. The van der Waals surface area contributed by atoms with E-state index in [-0.39, 0.29) is 5.52 Å². The Bertz CT molecular complexity index is 834. The number of alkyl halides is 3. The number of para-hydroxylation sites is 1. The van der Waals surface area contributed by atoms with Gasteiger partial charge < -0.3 is 0 Å². The maximum Gasteiger partial charge on any atom is 0.418 e. The summed E-state index contributed by atoms with van der Waals surface area (Å²) >= 11 is 0. The normalized spacial score (nSPS) is 11.9. The van der Waals surface area contributed by atoms with Gasteiger partial charge in [0.1, 0.15) is 6.33 Å². The van der Waals surface area contributed by atoms with E-state index in [9.17, 15) is 13.2 Å². The molecule has 22 heavy (non-hydrogen) atoms. The van der Waals surface area contributed by atoms with Gasteiger partial charge in [-0.15, -0.1) is 0 Å². The van der Waals surface area contributed by atoms with Crippen LogP contribution in [0.5, 0.6) is 0 Å². The molecule has 3 rings (SSSR count). The van der Waals surface area contributed by atoms with Gasteiger partial charge in [0, 0.05) is 10.9 Å². The van der Waals surface area contributed by atoms with Crippen molar-refractivity contribution in [2.45, 2.75) is 20.0 Å². The van der Waals surface area contributed by atoms with Gasteiger partial charge in [0.25, 0.3) is 0 Å². The highest BCUT2D eigenvalue weighted by molar-refractivity contribution is 5.94. The molecule has 2 aromatic carbocycles. The van der Waals surface area contributed by atoms with Crippen LogP contribution in [0.1, 0.15) is 16.7 Å². The van der Waals surface area contributed by atoms with Gasteiger partial charge in [-0.2, -0.15) is 13.2 Å². The van der Waals surface area contributed by atoms with Crippen molar-refractivity contribution in [3.8, 4) is 11.3 Å². The molecule has 0 saturated carbocycles. The third-order valence-corrected chi connectivity index (χ3v) is 3.47. The van der Waals surface area contributed by atoms with Crippen molar-refractivity contribution in [3.05, 3.63) is 59.4 Å². The summed E-state index contributed by atoms with van der Waals surface area (Å²) in [7, 11) is 0. The van der Waals surface area contributed by atoms with E-state index in [1.54, 1.807) is 6.07 Å². The minimum absolute atomic E-state index is 0.0702. The third-order valence-electron chi connectivity index (χ3n) is 3.47. The van der Waals surface area contributed by atoms with Gasteiger partial charge >= 0.3 is 6.18 Å². The lowest BCUT2D eigenvalue weighted by Gasteiger charge is -2.12. The van der Waals surface area contributed by atoms with Crippen molar-refractivity contribution >= 4 is 10.9 Å². The number of hydrogen-bond donors (Lipinski definition) is 0. The van der Waals surface area contributed by atoms with Crippen LogP contribution in [0, 0.1) is 13.8 Å². The molecule has 0 atom stereocenters. The number of benzene rings is 2. The van der Waals surface area contributed by atoms with Crippen LogP contribution in [0.25, 0.3) is 22.2 Å². The molecular formula is C17H13F3N2. The zero-order valence-corrected chi connectivity index (χ0v) is 12.1. The Balaban J connectivity index is 2.32. The van der Waals surface area contributed by atoms with E-state index >= 15 is 0 Å². The Labute approximate surface area is 125 Å². The van der Waals surface area contributed by atoms with Crippen LogP contribution in [0.2, 0.25) is 0 Å². The smallest absolute Gasteiger partial charge is 0.236 e. The second-order valence-corrected chi connectivity index (χ2v) is 5.30. The molecular weight excluding hydrogens is 289 g/mol. The van der Waals surface area contributed by atoms with Crippen LogP contribution in [0.3, 0.4) is 0 Å². The zero-order chi connectivity index (χ0) is 15.9. The quantitative estimate of drug-likeness (QED) is 0.637. The Morgan fingerprint density at radius 3 is 2.23 bits per heavy atom. The van der Waals surface area contributed by atoms with Gasteiger partial charge in [0.05, 0.1) is 16.8 Å². The Morgan fingerprint density at radius 2 is 1.59 bits per heavy atom. The number of aryl methyl sites for hydroxylation is 2. The second kappa shape index (κ2) is 5.09. The number of aromatic nitrogens is 2. The minimum atomic E-state index is -4.44. The molecule has 0 unspecified atom stereocenters. The summed E-state index contributed by atoms with van der Waals surface area (Å²) in [6, 6.07) is 9.89. The van der Waals surface area contributed by atoms with Gasteiger partial charge in [-0.05, 0) is 32.0 Å². The molecule has 0 aliphatic carbocycles. The summed E-state index contributed by atoms with van der Waals surface area (Å²) < 4.78 is 39.4. The number of fused-ring (bicyclic) bond motifs is 1. The lowest BCUT2D eigenvalue weighted by molar-refractivity contribution is -0.136. The van der Waals surface area contributed by atoms with Crippen LogP contribution >= 0.6 is 0 Å². The number of hydrogen-bond acceptors (Lipinski definition) is 2. The fourth-order valence-corrected chi connectivity index (χ4v) is 2.66. The summed E-state index contributed by atoms with van der Waals surface area (Å²) in [5.41, 5.74) is 2.58. The third kappa shape index (κ3) is 2.54. The Morgan fingerprint density at radius 1 is 0.909 bits per heavy atom. The van der Waals surface area contributed by atoms with Crippen LogP contribution in [-0.4, -0.2) is 9.97 Å². The van der Waals surface area contributed by atoms with Crippen molar-refractivity contribution < 1.29 is 13.2 Å². The van der Waals surface area contributed by atoms with Crippen molar-refractivity contribution in [1.82, 2.24) is 9.97 Å². The maximum atomic E-state index is 13.1. The Kier molecular flexibility index (Phi) is 3.35. The molecule has 0 amide bonds. The molecule has 5 heteroatoms. The standard InChI is InChI=1S/C17H13F3N2/c1-10-6-11(2)8-12(7-10)15-13-4-3-5-14(17(18,19)20)16(13)22-9-21-15/h3-9H,1-2H3.